The zero-order valence-corrected chi connectivity index (χ0v) is 9.65. The maximum atomic E-state index is 10.5. The van der Waals surface area contributed by atoms with Gasteiger partial charge >= 0.3 is 23.1 Å². The fraction of sp³-hybridized carbons (Fsp3) is 0.364. The van der Waals surface area contributed by atoms with E-state index in [0.717, 1.165) is 6.29 Å². The van der Waals surface area contributed by atoms with Crippen LogP contribution in [0.2, 0.25) is 0 Å². The normalized spacial score (nSPS) is 20.5. The van der Waals surface area contributed by atoms with Crippen LogP contribution in [-0.2, 0) is 4.79 Å². The molecule has 0 amide bonds. The van der Waals surface area contributed by atoms with Crippen LogP contribution in [0.3, 0.4) is 0 Å². The molecule has 0 aromatic rings. The minimum Gasteiger partial charge on any atom is -1.00 e. The van der Waals surface area contributed by atoms with E-state index in [9.17, 15) is 4.79 Å². The fourth-order valence-corrected chi connectivity index (χ4v) is 1.11. The molecule has 0 aromatic heterocycles. The van der Waals surface area contributed by atoms with E-state index in [1.807, 2.05) is 24.3 Å². The van der Waals surface area contributed by atoms with Gasteiger partial charge in [-0.3, -0.25) is 0 Å². The molecule has 1 aliphatic carbocycles. The summed E-state index contributed by atoms with van der Waals surface area (Å²) in [7, 11) is 0. The molecular formula is C11H16MgO. The molecule has 1 nitrogen and oxygen atoms in total. The van der Waals surface area contributed by atoms with Crippen molar-refractivity contribution in [3.8, 4) is 0 Å². The summed E-state index contributed by atoms with van der Waals surface area (Å²) < 4.78 is 0. The maximum absolute atomic E-state index is 10.5. The minimum atomic E-state index is -0.0440. The topological polar surface area (TPSA) is 17.1 Å². The first-order chi connectivity index (χ1) is 5.74. The average molecular weight is 189 g/mol. The van der Waals surface area contributed by atoms with Gasteiger partial charge in [-0.15, -0.1) is 0 Å². The molecule has 1 atom stereocenters. The minimum absolute atomic E-state index is 0. The van der Waals surface area contributed by atoms with Crippen molar-refractivity contribution in [2.75, 3.05) is 0 Å². The molecule has 2 heteroatoms. The predicted molar refractivity (Wildman–Crippen MR) is 58.7 cm³/mol. The second-order valence-corrected chi connectivity index (χ2v) is 3.28. The zero-order valence-electron chi connectivity index (χ0n) is 10.2. The van der Waals surface area contributed by atoms with Gasteiger partial charge in [-0.1, -0.05) is 44.2 Å². The van der Waals surface area contributed by atoms with Gasteiger partial charge in [-0.05, 0) is 11.5 Å². The van der Waals surface area contributed by atoms with E-state index in [-0.39, 0.29) is 31.8 Å². The first-order valence-corrected chi connectivity index (χ1v) is 4.26. The number of rotatable bonds is 2. The van der Waals surface area contributed by atoms with Crippen molar-refractivity contribution in [3.63, 3.8) is 0 Å². The third-order valence-corrected chi connectivity index (χ3v) is 1.96. The summed E-state index contributed by atoms with van der Waals surface area (Å²) in [6, 6.07) is 0. The Hall–Kier alpha value is -0.344. The van der Waals surface area contributed by atoms with Gasteiger partial charge in [0.1, 0.15) is 6.29 Å². The molecule has 0 saturated carbocycles. The molecule has 13 heavy (non-hydrogen) atoms. The molecule has 1 unspecified atom stereocenters. The Morgan fingerprint density at radius 2 is 2.15 bits per heavy atom. The number of allylic oxidation sites excluding steroid dienone is 6. The monoisotopic (exact) mass is 188 g/mol. The number of aldehydes is 1. The van der Waals surface area contributed by atoms with Crippen molar-refractivity contribution < 1.29 is 7.65 Å². The summed E-state index contributed by atoms with van der Waals surface area (Å²) in [4.78, 5) is 10.5. The fourth-order valence-electron chi connectivity index (χ4n) is 1.11. The second kappa shape index (κ2) is 6.16. The number of hydrogen-bond acceptors (Lipinski definition) is 1. The number of carbonyl (C=O) groups is 1. The van der Waals surface area contributed by atoms with Gasteiger partial charge in [-0.2, -0.15) is 0 Å². The Labute approximate surface area is 98.7 Å². The second-order valence-electron chi connectivity index (χ2n) is 3.28. The molecule has 0 radical (unpaired) electrons. The third-order valence-electron chi connectivity index (χ3n) is 1.96. The van der Waals surface area contributed by atoms with E-state index in [4.69, 9.17) is 0 Å². The van der Waals surface area contributed by atoms with E-state index in [1.54, 1.807) is 0 Å². The largest absolute Gasteiger partial charge is 2.00 e. The van der Waals surface area contributed by atoms with E-state index in [1.165, 1.54) is 5.57 Å². The first kappa shape index (κ1) is 12.7. The SMILES string of the molecule is CC(C)C1=CC=CC(C=O)C=C1.[H-].[H-].[Mg+2]. The van der Waals surface area contributed by atoms with Crippen LogP contribution in [0.5, 0.6) is 0 Å². The van der Waals surface area contributed by atoms with Crippen molar-refractivity contribution >= 4 is 29.3 Å². The van der Waals surface area contributed by atoms with Crippen molar-refractivity contribution in [1.82, 2.24) is 0 Å². The third kappa shape index (κ3) is 3.92. The zero-order chi connectivity index (χ0) is 8.97. The van der Waals surface area contributed by atoms with Crippen LogP contribution < -0.4 is 0 Å². The van der Waals surface area contributed by atoms with Gasteiger partial charge in [0, 0.05) is 0 Å². The Balaban J connectivity index is -0.000000480. The van der Waals surface area contributed by atoms with Gasteiger partial charge in [0.05, 0.1) is 5.92 Å². The van der Waals surface area contributed by atoms with Crippen LogP contribution >= 0.6 is 0 Å². The van der Waals surface area contributed by atoms with Crippen LogP contribution in [0.15, 0.2) is 36.0 Å². The summed E-state index contributed by atoms with van der Waals surface area (Å²) in [5.41, 5.74) is 1.27. The Bertz CT molecular complexity index is 257. The van der Waals surface area contributed by atoms with Crippen molar-refractivity contribution in [2.45, 2.75) is 13.8 Å². The van der Waals surface area contributed by atoms with Crippen molar-refractivity contribution in [3.05, 3.63) is 36.0 Å². The van der Waals surface area contributed by atoms with Crippen LogP contribution in [0.25, 0.3) is 0 Å². The number of carbonyl (C=O) groups excluding carboxylic acids is 1. The van der Waals surface area contributed by atoms with Gasteiger partial charge in [0.15, 0.2) is 0 Å². The summed E-state index contributed by atoms with van der Waals surface area (Å²) in [6.07, 6.45) is 10.8. The summed E-state index contributed by atoms with van der Waals surface area (Å²) >= 11 is 0. The summed E-state index contributed by atoms with van der Waals surface area (Å²) in [5, 5.41) is 0. The van der Waals surface area contributed by atoms with Gasteiger partial charge in [0.2, 0.25) is 0 Å². The predicted octanol–water partition coefficient (Wildman–Crippen LogP) is 2.35. The molecule has 0 aromatic carbocycles. The Morgan fingerprint density at radius 3 is 2.69 bits per heavy atom. The van der Waals surface area contributed by atoms with E-state index >= 15 is 0 Å². The maximum Gasteiger partial charge on any atom is 2.00 e. The first-order valence-electron chi connectivity index (χ1n) is 4.26. The van der Waals surface area contributed by atoms with Crippen LogP contribution in [0.4, 0.5) is 0 Å². The summed E-state index contributed by atoms with van der Waals surface area (Å²) in [5.74, 6) is 0.480. The molecule has 0 bridgehead atoms. The van der Waals surface area contributed by atoms with Crippen LogP contribution in [-0.4, -0.2) is 29.3 Å². The average Bonchev–Trinajstić information content (AvgIpc) is 2.28. The molecule has 1 rings (SSSR count). The Kier molecular flexibility index (Phi) is 6.00. The molecule has 68 valence electrons. The smallest absolute Gasteiger partial charge is 1.00 e. The molecule has 0 saturated heterocycles. The van der Waals surface area contributed by atoms with Gasteiger partial charge in [-0.25, -0.2) is 0 Å². The molecule has 0 fully saturated rings. The van der Waals surface area contributed by atoms with Crippen molar-refractivity contribution in [1.29, 1.82) is 0 Å². The van der Waals surface area contributed by atoms with Gasteiger partial charge < -0.3 is 7.65 Å². The standard InChI is InChI=1S/C11H14O.Mg.2H/c1-9(2)11-5-3-4-10(8-12)6-7-11;;;/h3-10H,1-2H3;;;/q;+2;2*-1. The van der Waals surface area contributed by atoms with Crippen LogP contribution in [0, 0.1) is 11.8 Å². The van der Waals surface area contributed by atoms with E-state index in [2.05, 4.69) is 19.9 Å². The Morgan fingerprint density at radius 1 is 1.46 bits per heavy atom. The molecule has 0 aliphatic heterocycles. The number of hydrogen-bond donors (Lipinski definition) is 0. The van der Waals surface area contributed by atoms with E-state index < -0.39 is 0 Å². The quantitative estimate of drug-likeness (QED) is 0.480. The molecule has 0 heterocycles. The van der Waals surface area contributed by atoms with Crippen LogP contribution in [0.1, 0.15) is 16.7 Å². The molecule has 0 N–H and O–H groups in total. The van der Waals surface area contributed by atoms with Crippen molar-refractivity contribution in [2.24, 2.45) is 11.8 Å². The molecular weight excluding hydrogens is 172 g/mol. The van der Waals surface area contributed by atoms with E-state index in [0.29, 0.717) is 5.92 Å². The summed E-state index contributed by atoms with van der Waals surface area (Å²) in [6.45, 7) is 4.29. The molecule has 0 spiro atoms. The molecule has 1 aliphatic rings. The van der Waals surface area contributed by atoms with Gasteiger partial charge in [0.25, 0.3) is 0 Å².